The van der Waals surface area contributed by atoms with Crippen molar-refractivity contribution in [1.29, 1.82) is 0 Å². The summed E-state index contributed by atoms with van der Waals surface area (Å²) in [5.74, 6) is -2.41. The SMILES string of the molecule is O=C(O)c1ccc(CN2C(=O)c3ccc(Cl)cc3NC(=O)C2Cc2ccccn2)cc1[N+](=O)[O-]. The van der Waals surface area contributed by atoms with Crippen molar-refractivity contribution in [2.45, 2.75) is 19.0 Å². The first-order valence-corrected chi connectivity index (χ1v) is 10.4. The van der Waals surface area contributed by atoms with E-state index in [1.54, 1.807) is 24.4 Å². The molecule has 0 saturated heterocycles. The van der Waals surface area contributed by atoms with Gasteiger partial charge in [-0.05, 0) is 42.0 Å². The van der Waals surface area contributed by atoms with Gasteiger partial charge in [-0.1, -0.05) is 23.7 Å². The van der Waals surface area contributed by atoms with Crippen LogP contribution < -0.4 is 5.32 Å². The fourth-order valence-corrected chi connectivity index (χ4v) is 3.94. The number of carbonyl (C=O) groups excluding carboxylic acids is 2. The molecular weight excluding hydrogens is 464 g/mol. The van der Waals surface area contributed by atoms with Crippen molar-refractivity contribution in [3.63, 3.8) is 0 Å². The van der Waals surface area contributed by atoms with Crippen molar-refractivity contribution in [1.82, 2.24) is 9.88 Å². The number of carbonyl (C=O) groups is 3. The number of benzene rings is 2. The number of aromatic nitrogens is 1. The van der Waals surface area contributed by atoms with Crippen LogP contribution in [0, 0.1) is 10.1 Å². The normalized spacial score (nSPS) is 15.3. The number of carboxylic acids is 1. The molecule has 2 amide bonds. The van der Waals surface area contributed by atoms with E-state index in [0.29, 0.717) is 16.3 Å². The number of nitrogens with one attached hydrogen (secondary N) is 1. The molecule has 11 heteroatoms. The zero-order valence-corrected chi connectivity index (χ0v) is 18.2. The molecule has 1 aliphatic heterocycles. The summed E-state index contributed by atoms with van der Waals surface area (Å²) in [4.78, 5) is 54.2. The Kier molecular flexibility index (Phi) is 6.24. The van der Waals surface area contributed by atoms with Crippen LogP contribution in [0.5, 0.6) is 0 Å². The summed E-state index contributed by atoms with van der Waals surface area (Å²) < 4.78 is 0. The number of rotatable bonds is 6. The van der Waals surface area contributed by atoms with Gasteiger partial charge < -0.3 is 15.3 Å². The van der Waals surface area contributed by atoms with E-state index in [1.165, 1.54) is 29.2 Å². The summed E-state index contributed by atoms with van der Waals surface area (Å²) in [6.07, 6.45) is 1.66. The molecular formula is C23H17ClN4O6. The fourth-order valence-electron chi connectivity index (χ4n) is 3.77. The minimum Gasteiger partial charge on any atom is -0.477 e. The largest absolute Gasteiger partial charge is 0.477 e. The Morgan fingerprint density at radius 1 is 1.18 bits per heavy atom. The molecule has 172 valence electrons. The third-order valence-corrected chi connectivity index (χ3v) is 5.62. The summed E-state index contributed by atoms with van der Waals surface area (Å²) >= 11 is 6.05. The maximum Gasteiger partial charge on any atom is 0.342 e. The smallest absolute Gasteiger partial charge is 0.342 e. The van der Waals surface area contributed by atoms with E-state index >= 15 is 0 Å². The molecule has 1 aromatic heterocycles. The summed E-state index contributed by atoms with van der Waals surface area (Å²) in [5, 5.41) is 23.7. The molecule has 0 fully saturated rings. The van der Waals surface area contributed by atoms with E-state index in [4.69, 9.17) is 11.6 Å². The van der Waals surface area contributed by atoms with Crippen molar-refractivity contribution in [2.75, 3.05) is 5.32 Å². The highest BCUT2D eigenvalue weighted by Crippen LogP contribution is 2.29. The van der Waals surface area contributed by atoms with Crippen LogP contribution in [0.1, 0.15) is 32.0 Å². The number of fused-ring (bicyclic) bond motifs is 1. The molecule has 2 N–H and O–H groups in total. The van der Waals surface area contributed by atoms with Gasteiger partial charge in [-0.3, -0.25) is 24.7 Å². The Balaban J connectivity index is 1.78. The minimum absolute atomic E-state index is 0.0927. The zero-order valence-electron chi connectivity index (χ0n) is 17.5. The lowest BCUT2D eigenvalue weighted by molar-refractivity contribution is -0.385. The Labute approximate surface area is 197 Å². The highest BCUT2D eigenvalue weighted by atomic mass is 35.5. The van der Waals surface area contributed by atoms with E-state index in [2.05, 4.69) is 10.3 Å². The molecule has 2 heterocycles. The lowest BCUT2D eigenvalue weighted by atomic mass is 10.0. The van der Waals surface area contributed by atoms with Crippen LogP contribution >= 0.6 is 11.6 Å². The van der Waals surface area contributed by atoms with Gasteiger partial charge in [-0.2, -0.15) is 0 Å². The lowest BCUT2D eigenvalue weighted by Crippen LogP contribution is -2.46. The Morgan fingerprint density at radius 2 is 1.97 bits per heavy atom. The summed E-state index contributed by atoms with van der Waals surface area (Å²) in [5.41, 5.74) is 0.239. The number of nitrogens with zero attached hydrogens (tertiary/aromatic N) is 3. The number of hydrogen-bond donors (Lipinski definition) is 2. The van der Waals surface area contributed by atoms with Gasteiger partial charge >= 0.3 is 5.97 Å². The molecule has 1 atom stereocenters. The topological polar surface area (TPSA) is 143 Å². The molecule has 1 unspecified atom stereocenters. The average molecular weight is 481 g/mol. The molecule has 34 heavy (non-hydrogen) atoms. The van der Waals surface area contributed by atoms with E-state index < -0.39 is 40.0 Å². The van der Waals surface area contributed by atoms with Gasteiger partial charge in [0.15, 0.2) is 0 Å². The number of nitro benzene ring substituents is 1. The maximum absolute atomic E-state index is 13.5. The van der Waals surface area contributed by atoms with Crippen LogP contribution in [0.15, 0.2) is 60.8 Å². The molecule has 0 aliphatic carbocycles. The second kappa shape index (κ2) is 9.28. The summed E-state index contributed by atoms with van der Waals surface area (Å²) in [6.45, 7) is -0.174. The molecule has 0 saturated carbocycles. The number of anilines is 1. The Hall–Kier alpha value is -4.31. The number of aromatic carboxylic acids is 1. The minimum atomic E-state index is -1.44. The highest BCUT2D eigenvalue weighted by Gasteiger charge is 2.36. The standard InChI is InChI=1S/C23H17ClN4O6/c24-14-5-7-16-18(10-14)26-21(29)20(11-15-3-1-2-8-25-15)27(22(16)30)12-13-4-6-17(23(31)32)19(9-13)28(33)34/h1-10,20H,11-12H2,(H,26,29)(H,31,32). The van der Waals surface area contributed by atoms with Crippen molar-refractivity contribution < 1.29 is 24.4 Å². The van der Waals surface area contributed by atoms with Crippen molar-refractivity contribution in [3.8, 4) is 0 Å². The number of halogens is 1. The van der Waals surface area contributed by atoms with Gasteiger partial charge in [-0.25, -0.2) is 4.79 Å². The predicted molar refractivity (Wildman–Crippen MR) is 122 cm³/mol. The molecule has 10 nitrogen and oxygen atoms in total. The molecule has 0 spiro atoms. The second-order valence-corrected chi connectivity index (χ2v) is 8.00. The molecule has 0 radical (unpaired) electrons. The summed E-state index contributed by atoms with van der Waals surface area (Å²) in [6, 6.07) is 12.3. The van der Waals surface area contributed by atoms with Gasteiger partial charge in [0.05, 0.1) is 16.2 Å². The monoisotopic (exact) mass is 480 g/mol. The first-order chi connectivity index (χ1) is 16.2. The number of nitro groups is 1. The van der Waals surface area contributed by atoms with Gasteiger partial charge in [0.25, 0.3) is 11.6 Å². The van der Waals surface area contributed by atoms with Gasteiger partial charge in [0.2, 0.25) is 5.91 Å². The molecule has 0 bridgehead atoms. The zero-order chi connectivity index (χ0) is 24.4. The van der Waals surface area contributed by atoms with Crippen molar-refractivity contribution in [3.05, 3.63) is 98.3 Å². The third kappa shape index (κ3) is 4.57. The van der Waals surface area contributed by atoms with E-state index in [1.807, 2.05) is 0 Å². The van der Waals surface area contributed by atoms with Crippen molar-refractivity contribution in [2.24, 2.45) is 0 Å². The van der Waals surface area contributed by atoms with E-state index in [0.717, 1.165) is 12.1 Å². The van der Waals surface area contributed by atoms with Crippen LogP contribution in [0.25, 0.3) is 0 Å². The van der Waals surface area contributed by atoms with E-state index in [9.17, 15) is 29.6 Å². The van der Waals surface area contributed by atoms with Gasteiger partial charge in [-0.15, -0.1) is 0 Å². The maximum atomic E-state index is 13.5. The first-order valence-electron chi connectivity index (χ1n) is 10.1. The van der Waals surface area contributed by atoms with Crippen LogP contribution in [-0.4, -0.2) is 43.7 Å². The Bertz CT molecular complexity index is 1310. The molecule has 3 aromatic rings. The second-order valence-electron chi connectivity index (χ2n) is 7.57. The number of carboxylic acid groups (broad SMARTS) is 1. The summed E-state index contributed by atoms with van der Waals surface area (Å²) in [7, 11) is 0. The predicted octanol–water partition coefficient (Wildman–Crippen LogP) is 3.55. The van der Waals surface area contributed by atoms with Gasteiger partial charge in [0, 0.05) is 35.9 Å². The number of amides is 2. The van der Waals surface area contributed by atoms with Crippen LogP contribution in [0.2, 0.25) is 5.02 Å². The van der Waals surface area contributed by atoms with Crippen LogP contribution in [0.3, 0.4) is 0 Å². The fraction of sp³-hybridized carbons (Fsp3) is 0.130. The first kappa shape index (κ1) is 22.9. The number of pyridine rings is 1. The molecule has 1 aliphatic rings. The average Bonchev–Trinajstić information content (AvgIpc) is 2.89. The van der Waals surface area contributed by atoms with Gasteiger partial charge in [0.1, 0.15) is 11.6 Å². The molecule has 4 rings (SSSR count). The van der Waals surface area contributed by atoms with Crippen LogP contribution in [0.4, 0.5) is 11.4 Å². The number of hydrogen-bond acceptors (Lipinski definition) is 6. The molecule has 2 aromatic carbocycles. The van der Waals surface area contributed by atoms with E-state index in [-0.39, 0.29) is 24.2 Å². The lowest BCUT2D eigenvalue weighted by Gasteiger charge is -2.28. The quantitative estimate of drug-likeness (QED) is 0.405. The van der Waals surface area contributed by atoms with Crippen LogP contribution in [-0.2, 0) is 17.8 Å². The van der Waals surface area contributed by atoms with Crippen molar-refractivity contribution >= 4 is 40.8 Å². The highest BCUT2D eigenvalue weighted by molar-refractivity contribution is 6.31. The Morgan fingerprint density at radius 3 is 2.65 bits per heavy atom. The third-order valence-electron chi connectivity index (χ3n) is 5.38.